The van der Waals surface area contributed by atoms with Gasteiger partial charge in [0, 0.05) is 51.4 Å². The molecule has 0 radical (unpaired) electrons. The number of para-hydroxylation sites is 1. The van der Waals surface area contributed by atoms with Crippen molar-refractivity contribution < 1.29 is 9.53 Å². The number of fused-ring (bicyclic) bond motifs is 1. The minimum atomic E-state index is -0.243. The van der Waals surface area contributed by atoms with Crippen LogP contribution in [0.25, 0.3) is 0 Å². The highest BCUT2D eigenvalue weighted by molar-refractivity contribution is 5.77. The molecule has 0 unspecified atom stereocenters. The molecule has 184 valence electrons. The molecule has 1 saturated heterocycles. The molecule has 8 heteroatoms. The predicted molar refractivity (Wildman–Crippen MR) is 135 cm³/mol. The molecule has 2 aliphatic rings. The van der Waals surface area contributed by atoms with E-state index >= 15 is 0 Å². The highest BCUT2D eigenvalue weighted by Gasteiger charge is 2.23. The summed E-state index contributed by atoms with van der Waals surface area (Å²) in [4.78, 5) is 17.4. The SMILES string of the molecule is C[C@@H](NC(=O)COc1ccccc1)c1nnc2n1CCN(Cc1ccc(N3CCCC3)cc1)CC2. The number of hydrogen-bond acceptors (Lipinski definition) is 6. The standard InChI is InChI=1S/C27H34N6O2/c1-21(28-26(34)20-35-24-7-3-2-4-8-24)27-30-29-25-13-16-31(17-18-33(25)27)19-22-9-11-23(12-10-22)32-14-5-6-15-32/h2-4,7-12,21H,5-6,13-20H2,1H3,(H,28,34)/t21-/m1/s1. The molecule has 0 spiro atoms. The fraction of sp³-hybridized carbons (Fsp3) is 0.444. The van der Waals surface area contributed by atoms with Crippen molar-refractivity contribution in [2.75, 3.05) is 37.7 Å². The summed E-state index contributed by atoms with van der Waals surface area (Å²) in [7, 11) is 0. The summed E-state index contributed by atoms with van der Waals surface area (Å²) in [6, 6.07) is 18.2. The van der Waals surface area contributed by atoms with Gasteiger partial charge in [-0.25, -0.2) is 0 Å². The number of ether oxygens (including phenoxy) is 1. The Morgan fingerprint density at radius 3 is 2.51 bits per heavy atom. The number of hydrogen-bond donors (Lipinski definition) is 1. The van der Waals surface area contributed by atoms with Crippen molar-refractivity contribution in [3.05, 3.63) is 71.8 Å². The molecule has 35 heavy (non-hydrogen) atoms. The van der Waals surface area contributed by atoms with E-state index in [2.05, 4.69) is 54.1 Å². The maximum atomic E-state index is 12.4. The lowest BCUT2D eigenvalue weighted by Crippen LogP contribution is -2.33. The first-order chi connectivity index (χ1) is 17.2. The zero-order chi connectivity index (χ0) is 24.0. The normalized spacial score (nSPS) is 17.0. The molecule has 1 atom stereocenters. The van der Waals surface area contributed by atoms with E-state index in [0.717, 1.165) is 44.2 Å². The first kappa shape index (κ1) is 23.4. The Kier molecular flexibility index (Phi) is 7.28. The van der Waals surface area contributed by atoms with Gasteiger partial charge in [-0.2, -0.15) is 0 Å². The van der Waals surface area contributed by atoms with Crippen molar-refractivity contribution in [3.63, 3.8) is 0 Å². The Labute approximate surface area is 206 Å². The third-order valence-electron chi connectivity index (χ3n) is 6.84. The molecular weight excluding hydrogens is 440 g/mol. The van der Waals surface area contributed by atoms with Gasteiger partial charge in [-0.15, -0.1) is 10.2 Å². The van der Waals surface area contributed by atoms with Crippen LogP contribution in [0.4, 0.5) is 5.69 Å². The summed E-state index contributed by atoms with van der Waals surface area (Å²) in [5, 5.41) is 11.8. The Morgan fingerprint density at radius 2 is 1.74 bits per heavy atom. The Hall–Kier alpha value is -3.39. The fourth-order valence-electron chi connectivity index (χ4n) is 4.93. The average molecular weight is 475 g/mol. The van der Waals surface area contributed by atoms with E-state index in [9.17, 15) is 4.79 Å². The lowest BCUT2D eigenvalue weighted by molar-refractivity contribution is -0.123. The van der Waals surface area contributed by atoms with Crippen LogP contribution in [0.15, 0.2) is 54.6 Å². The predicted octanol–water partition coefficient (Wildman–Crippen LogP) is 3.19. The number of amides is 1. The zero-order valence-electron chi connectivity index (χ0n) is 20.4. The van der Waals surface area contributed by atoms with Crippen LogP contribution in [0.5, 0.6) is 5.75 Å². The molecule has 5 rings (SSSR count). The maximum Gasteiger partial charge on any atom is 0.258 e. The number of rotatable bonds is 8. The van der Waals surface area contributed by atoms with Crippen LogP contribution in [-0.4, -0.2) is 58.4 Å². The molecule has 3 aromatic rings. The van der Waals surface area contributed by atoms with Crippen LogP contribution in [0.1, 0.15) is 43.0 Å². The van der Waals surface area contributed by atoms with Gasteiger partial charge in [-0.05, 0) is 49.6 Å². The third-order valence-corrected chi connectivity index (χ3v) is 6.84. The molecule has 2 aliphatic heterocycles. The van der Waals surface area contributed by atoms with Crippen molar-refractivity contribution >= 4 is 11.6 Å². The van der Waals surface area contributed by atoms with Gasteiger partial charge in [-0.1, -0.05) is 30.3 Å². The molecule has 1 fully saturated rings. The van der Waals surface area contributed by atoms with E-state index in [1.807, 2.05) is 37.3 Å². The van der Waals surface area contributed by atoms with Crippen LogP contribution in [0.3, 0.4) is 0 Å². The Bertz CT molecular complexity index is 1110. The summed E-state index contributed by atoms with van der Waals surface area (Å²) in [6.45, 7) is 7.86. The van der Waals surface area contributed by atoms with E-state index in [0.29, 0.717) is 5.75 Å². The first-order valence-corrected chi connectivity index (χ1v) is 12.6. The molecule has 1 N–H and O–H groups in total. The molecule has 2 aromatic carbocycles. The summed E-state index contributed by atoms with van der Waals surface area (Å²) in [5.41, 5.74) is 2.67. The monoisotopic (exact) mass is 474 g/mol. The number of benzene rings is 2. The van der Waals surface area contributed by atoms with Gasteiger partial charge in [0.25, 0.3) is 5.91 Å². The number of anilines is 1. The van der Waals surface area contributed by atoms with E-state index in [1.165, 1.54) is 37.2 Å². The summed E-state index contributed by atoms with van der Waals surface area (Å²) in [6.07, 6.45) is 3.44. The van der Waals surface area contributed by atoms with Gasteiger partial charge in [0.15, 0.2) is 12.4 Å². The number of nitrogens with one attached hydrogen (secondary N) is 1. The van der Waals surface area contributed by atoms with E-state index in [-0.39, 0.29) is 18.6 Å². The summed E-state index contributed by atoms with van der Waals surface area (Å²) < 4.78 is 7.73. The van der Waals surface area contributed by atoms with Crippen molar-refractivity contribution in [3.8, 4) is 5.75 Å². The lowest BCUT2D eigenvalue weighted by atomic mass is 10.2. The first-order valence-electron chi connectivity index (χ1n) is 12.6. The van der Waals surface area contributed by atoms with Crippen molar-refractivity contribution in [1.29, 1.82) is 0 Å². The summed E-state index contributed by atoms with van der Waals surface area (Å²) in [5.74, 6) is 2.28. The third kappa shape index (κ3) is 5.82. The average Bonchev–Trinajstić information content (AvgIpc) is 3.52. The molecule has 1 amide bonds. The molecule has 3 heterocycles. The topological polar surface area (TPSA) is 75.5 Å². The highest BCUT2D eigenvalue weighted by atomic mass is 16.5. The fourth-order valence-corrected chi connectivity index (χ4v) is 4.93. The quantitative estimate of drug-likeness (QED) is 0.541. The largest absolute Gasteiger partial charge is 0.484 e. The van der Waals surface area contributed by atoms with Gasteiger partial charge in [0.05, 0.1) is 6.04 Å². The van der Waals surface area contributed by atoms with Crippen LogP contribution in [0, 0.1) is 0 Å². The zero-order valence-corrected chi connectivity index (χ0v) is 20.4. The van der Waals surface area contributed by atoms with Crippen LogP contribution < -0.4 is 15.0 Å². The second kappa shape index (κ2) is 10.9. The van der Waals surface area contributed by atoms with Crippen molar-refractivity contribution in [1.82, 2.24) is 25.0 Å². The van der Waals surface area contributed by atoms with Crippen LogP contribution >= 0.6 is 0 Å². The lowest BCUT2D eigenvalue weighted by Gasteiger charge is -2.21. The van der Waals surface area contributed by atoms with Gasteiger partial charge in [-0.3, -0.25) is 9.69 Å². The van der Waals surface area contributed by atoms with E-state index in [4.69, 9.17) is 4.74 Å². The number of nitrogens with zero attached hydrogens (tertiary/aromatic N) is 5. The molecular formula is C27H34N6O2. The second-order valence-corrected chi connectivity index (χ2v) is 9.40. The minimum Gasteiger partial charge on any atom is -0.484 e. The van der Waals surface area contributed by atoms with Gasteiger partial charge >= 0.3 is 0 Å². The van der Waals surface area contributed by atoms with E-state index < -0.39 is 0 Å². The molecule has 0 aliphatic carbocycles. The van der Waals surface area contributed by atoms with Crippen molar-refractivity contribution in [2.24, 2.45) is 0 Å². The Balaban J connectivity index is 1.14. The van der Waals surface area contributed by atoms with Crippen LogP contribution in [-0.2, 0) is 24.3 Å². The molecule has 1 aromatic heterocycles. The van der Waals surface area contributed by atoms with Gasteiger partial charge in [0.2, 0.25) is 0 Å². The Morgan fingerprint density at radius 1 is 0.971 bits per heavy atom. The molecule has 0 saturated carbocycles. The second-order valence-electron chi connectivity index (χ2n) is 9.40. The number of carbonyl (C=O) groups is 1. The van der Waals surface area contributed by atoms with Gasteiger partial charge < -0.3 is 19.5 Å². The van der Waals surface area contributed by atoms with Gasteiger partial charge in [0.1, 0.15) is 11.6 Å². The maximum absolute atomic E-state index is 12.4. The molecule has 0 bridgehead atoms. The smallest absolute Gasteiger partial charge is 0.258 e. The number of aromatic nitrogens is 3. The molecule has 8 nitrogen and oxygen atoms in total. The summed E-state index contributed by atoms with van der Waals surface area (Å²) >= 11 is 0. The van der Waals surface area contributed by atoms with Crippen molar-refractivity contribution in [2.45, 2.75) is 45.3 Å². The van der Waals surface area contributed by atoms with Crippen LogP contribution in [0.2, 0.25) is 0 Å². The minimum absolute atomic E-state index is 0.0281. The number of carbonyl (C=O) groups excluding carboxylic acids is 1. The highest BCUT2D eigenvalue weighted by Crippen LogP contribution is 2.22. The van der Waals surface area contributed by atoms with E-state index in [1.54, 1.807) is 0 Å².